The van der Waals surface area contributed by atoms with Gasteiger partial charge in [-0.1, -0.05) is 30.0 Å². The molecular weight excluding hydrogens is 410 g/mol. The zero-order valence-corrected chi connectivity index (χ0v) is 18.0. The summed E-state index contributed by atoms with van der Waals surface area (Å²) in [6, 6.07) is 7.73. The van der Waals surface area contributed by atoms with Crippen molar-refractivity contribution in [3.8, 4) is 17.2 Å². The quantitative estimate of drug-likeness (QED) is 0.384. The normalized spacial score (nSPS) is 14.6. The second-order valence-corrected chi connectivity index (χ2v) is 9.18. The number of aromatic nitrogens is 4. The van der Waals surface area contributed by atoms with Gasteiger partial charge in [0.2, 0.25) is 22.8 Å². The topological polar surface area (TPSA) is 94.2 Å². The van der Waals surface area contributed by atoms with E-state index in [-0.39, 0.29) is 17.2 Å². The predicted octanol–water partition coefficient (Wildman–Crippen LogP) is 4.36. The van der Waals surface area contributed by atoms with Crippen molar-refractivity contribution in [3.63, 3.8) is 0 Å². The van der Waals surface area contributed by atoms with Crippen molar-refractivity contribution in [2.45, 2.75) is 48.7 Å². The highest BCUT2D eigenvalue weighted by molar-refractivity contribution is 8.01. The van der Waals surface area contributed by atoms with Crippen LogP contribution in [0.1, 0.15) is 44.3 Å². The van der Waals surface area contributed by atoms with Crippen LogP contribution in [0, 0.1) is 0 Å². The van der Waals surface area contributed by atoms with Gasteiger partial charge in [-0.3, -0.25) is 9.69 Å². The SMILES string of the molecule is CCC(=O)N(c1nnc(S[C@H](C)c2nnc(-c3ccc(OC)cc3)o2)s1)C1CC1. The second-order valence-electron chi connectivity index (χ2n) is 6.63. The Bertz CT molecular complexity index is 984. The molecule has 152 valence electrons. The van der Waals surface area contributed by atoms with Crippen molar-refractivity contribution in [2.24, 2.45) is 0 Å². The van der Waals surface area contributed by atoms with E-state index in [1.54, 1.807) is 12.0 Å². The Labute approximate surface area is 176 Å². The molecule has 2 heterocycles. The third kappa shape index (κ3) is 4.43. The van der Waals surface area contributed by atoms with Crippen molar-refractivity contribution in [3.05, 3.63) is 30.2 Å². The molecule has 0 unspecified atom stereocenters. The molecule has 0 aliphatic heterocycles. The van der Waals surface area contributed by atoms with Crippen molar-refractivity contribution in [2.75, 3.05) is 12.0 Å². The summed E-state index contributed by atoms with van der Waals surface area (Å²) < 4.78 is 11.8. The number of amides is 1. The molecule has 0 N–H and O–H groups in total. The molecule has 0 spiro atoms. The van der Waals surface area contributed by atoms with Crippen LogP contribution in [0.4, 0.5) is 5.13 Å². The van der Waals surface area contributed by atoms with Gasteiger partial charge in [-0.15, -0.1) is 20.4 Å². The molecule has 0 bridgehead atoms. The van der Waals surface area contributed by atoms with E-state index < -0.39 is 0 Å². The zero-order valence-electron chi connectivity index (χ0n) is 16.4. The first-order valence-corrected chi connectivity index (χ1v) is 11.1. The van der Waals surface area contributed by atoms with Crippen LogP contribution in [0.2, 0.25) is 0 Å². The van der Waals surface area contributed by atoms with Crippen molar-refractivity contribution in [1.29, 1.82) is 0 Å². The summed E-state index contributed by atoms with van der Waals surface area (Å²) in [5, 5.41) is 17.4. The molecule has 0 saturated heterocycles. The van der Waals surface area contributed by atoms with Gasteiger partial charge in [0.1, 0.15) is 5.75 Å². The molecule has 1 atom stereocenters. The van der Waals surface area contributed by atoms with Gasteiger partial charge in [0, 0.05) is 18.0 Å². The van der Waals surface area contributed by atoms with Gasteiger partial charge in [-0.05, 0) is 44.0 Å². The monoisotopic (exact) mass is 431 g/mol. The lowest BCUT2D eigenvalue weighted by molar-refractivity contribution is -0.118. The minimum Gasteiger partial charge on any atom is -0.497 e. The molecule has 29 heavy (non-hydrogen) atoms. The summed E-state index contributed by atoms with van der Waals surface area (Å²) >= 11 is 2.92. The van der Waals surface area contributed by atoms with E-state index in [0.717, 1.165) is 28.5 Å². The average Bonchev–Trinajstić information content (AvgIpc) is 3.26. The number of thioether (sulfide) groups is 1. The van der Waals surface area contributed by atoms with E-state index in [0.29, 0.717) is 23.3 Å². The smallest absolute Gasteiger partial charge is 0.247 e. The Morgan fingerprint density at radius 2 is 2.03 bits per heavy atom. The zero-order chi connectivity index (χ0) is 20.4. The number of hydrogen-bond donors (Lipinski definition) is 0. The number of anilines is 1. The Balaban J connectivity index is 1.44. The molecule has 1 aliphatic carbocycles. The second kappa shape index (κ2) is 8.50. The van der Waals surface area contributed by atoms with Crippen molar-refractivity contribution >= 4 is 34.1 Å². The molecule has 1 aliphatic rings. The largest absolute Gasteiger partial charge is 0.497 e. The van der Waals surface area contributed by atoms with Crippen LogP contribution in [0.25, 0.3) is 11.5 Å². The van der Waals surface area contributed by atoms with Gasteiger partial charge in [0.25, 0.3) is 0 Å². The molecule has 4 rings (SSSR count). The van der Waals surface area contributed by atoms with Crippen molar-refractivity contribution < 1.29 is 13.9 Å². The molecule has 1 fully saturated rings. The number of ether oxygens (including phenoxy) is 1. The Kier molecular flexibility index (Phi) is 5.81. The van der Waals surface area contributed by atoms with E-state index in [4.69, 9.17) is 9.15 Å². The molecule has 3 aromatic rings. The third-order valence-electron chi connectivity index (χ3n) is 4.49. The minimum absolute atomic E-state index is 0.0912. The average molecular weight is 432 g/mol. The number of rotatable bonds is 8. The maximum Gasteiger partial charge on any atom is 0.247 e. The summed E-state index contributed by atoms with van der Waals surface area (Å²) in [7, 11) is 1.62. The van der Waals surface area contributed by atoms with Gasteiger partial charge >= 0.3 is 0 Å². The fourth-order valence-electron chi connectivity index (χ4n) is 2.77. The molecular formula is C19H21N5O3S2. The van der Waals surface area contributed by atoms with E-state index in [1.807, 2.05) is 38.1 Å². The Morgan fingerprint density at radius 3 is 2.69 bits per heavy atom. The van der Waals surface area contributed by atoms with Crippen LogP contribution >= 0.6 is 23.1 Å². The Morgan fingerprint density at radius 1 is 1.28 bits per heavy atom. The molecule has 1 aromatic carbocycles. The van der Waals surface area contributed by atoms with Gasteiger partial charge in [0.15, 0.2) is 4.34 Å². The van der Waals surface area contributed by atoms with Crippen LogP contribution in [0.15, 0.2) is 33.0 Å². The number of carbonyl (C=O) groups excluding carboxylic acids is 1. The van der Waals surface area contributed by atoms with Gasteiger partial charge in [-0.25, -0.2) is 0 Å². The molecule has 1 amide bonds. The number of benzene rings is 1. The highest BCUT2D eigenvalue weighted by Crippen LogP contribution is 2.40. The molecule has 2 aromatic heterocycles. The predicted molar refractivity (Wildman–Crippen MR) is 111 cm³/mol. The molecule has 1 saturated carbocycles. The fraction of sp³-hybridized carbons (Fsp3) is 0.421. The molecule has 10 heteroatoms. The lowest BCUT2D eigenvalue weighted by Gasteiger charge is -2.17. The number of hydrogen-bond acceptors (Lipinski definition) is 9. The number of carbonyl (C=O) groups is 1. The first-order chi connectivity index (χ1) is 14.1. The van der Waals surface area contributed by atoms with Gasteiger partial charge < -0.3 is 9.15 Å². The first-order valence-electron chi connectivity index (χ1n) is 9.39. The maximum absolute atomic E-state index is 12.2. The summed E-state index contributed by atoms with van der Waals surface area (Å²) in [5.74, 6) is 1.84. The minimum atomic E-state index is -0.0912. The third-order valence-corrected chi connectivity index (χ3v) is 6.58. The van der Waals surface area contributed by atoms with Crippen molar-refractivity contribution in [1.82, 2.24) is 20.4 Å². The fourth-order valence-corrected chi connectivity index (χ4v) is 4.87. The van der Waals surface area contributed by atoms with Crippen LogP contribution in [0.3, 0.4) is 0 Å². The van der Waals surface area contributed by atoms with Crippen LogP contribution < -0.4 is 9.64 Å². The maximum atomic E-state index is 12.2. The number of nitrogens with zero attached hydrogens (tertiary/aromatic N) is 5. The van der Waals surface area contributed by atoms with Crippen LogP contribution in [-0.4, -0.2) is 39.5 Å². The summed E-state index contributed by atoms with van der Waals surface area (Å²) in [5.41, 5.74) is 0.832. The Hall–Kier alpha value is -2.46. The molecule has 8 nitrogen and oxygen atoms in total. The van der Waals surface area contributed by atoms with Gasteiger partial charge in [0.05, 0.1) is 12.4 Å². The van der Waals surface area contributed by atoms with E-state index in [9.17, 15) is 4.79 Å². The highest BCUT2D eigenvalue weighted by atomic mass is 32.2. The lowest BCUT2D eigenvalue weighted by atomic mass is 10.2. The highest BCUT2D eigenvalue weighted by Gasteiger charge is 2.35. The number of methoxy groups -OCH3 is 1. The van der Waals surface area contributed by atoms with E-state index >= 15 is 0 Å². The lowest BCUT2D eigenvalue weighted by Crippen LogP contribution is -2.32. The summed E-state index contributed by atoms with van der Waals surface area (Å²) in [6.45, 7) is 3.85. The van der Waals surface area contributed by atoms with E-state index in [2.05, 4.69) is 20.4 Å². The van der Waals surface area contributed by atoms with Gasteiger partial charge in [-0.2, -0.15) is 0 Å². The summed E-state index contributed by atoms with van der Waals surface area (Å²) in [6.07, 6.45) is 2.52. The van der Waals surface area contributed by atoms with Crippen LogP contribution in [0.5, 0.6) is 5.75 Å². The van der Waals surface area contributed by atoms with E-state index in [1.165, 1.54) is 23.1 Å². The standard InChI is InChI=1S/C19H21N5O3S2/c1-4-15(25)24(13-7-8-13)18-22-23-19(29-18)28-11(2)16-20-21-17(27-16)12-5-9-14(26-3)10-6-12/h5-6,9-11,13H,4,7-8H2,1-3H3/t11-/m1/s1. The summed E-state index contributed by atoms with van der Waals surface area (Å²) in [4.78, 5) is 14.0. The first kappa shape index (κ1) is 19.8. The molecule has 0 radical (unpaired) electrons. The van der Waals surface area contributed by atoms with Crippen LogP contribution in [-0.2, 0) is 4.79 Å².